The topological polar surface area (TPSA) is 83.1 Å². The SMILES string of the molecule is CCN(CC)CCNC(=O)c1cc(NC(=O)c2cc(OC)cc(OC)c2)ccc1N1CCC(C)CC1. The van der Waals surface area contributed by atoms with Crippen LogP contribution in [0.5, 0.6) is 11.5 Å². The fourth-order valence-corrected chi connectivity index (χ4v) is 4.43. The Hall–Kier alpha value is -3.26. The van der Waals surface area contributed by atoms with Gasteiger partial charge in [-0.1, -0.05) is 20.8 Å². The van der Waals surface area contributed by atoms with E-state index >= 15 is 0 Å². The number of hydrogen-bond acceptors (Lipinski definition) is 6. The fourth-order valence-electron chi connectivity index (χ4n) is 4.43. The lowest BCUT2D eigenvalue weighted by atomic mass is 9.97. The van der Waals surface area contributed by atoms with E-state index in [4.69, 9.17) is 9.47 Å². The molecule has 1 aliphatic heterocycles. The quantitative estimate of drug-likeness (QED) is 0.484. The van der Waals surface area contributed by atoms with Crippen LogP contribution in [-0.4, -0.2) is 70.2 Å². The molecule has 0 radical (unpaired) electrons. The summed E-state index contributed by atoms with van der Waals surface area (Å²) in [4.78, 5) is 30.9. The zero-order valence-electron chi connectivity index (χ0n) is 22.2. The van der Waals surface area contributed by atoms with Crippen LogP contribution in [0.1, 0.15) is 54.3 Å². The first-order chi connectivity index (χ1) is 17.4. The van der Waals surface area contributed by atoms with Crippen LogP contribution in [0.3, 0.4) is 0 Å². The molecule has 0 bridgehead atoms. The van der Waals surface area contributed by atoms with Crippen molar-refractivity contribution in [2.45, 2.75) is 33.6 Å². The molecular weight excluding hydrogens is 456 g/mol. The number of hydrogen-bond donors (Lipinski definition) is 2. The molecule has 8 heteroatoms. The van der Waals surface area contributed by atoms with Crippen LogP contribution in [0.4, 0.5) is 11.4 Å². The summed E-state index contributed by atoms with van der Waals surface area (Å²) < 4.78 is 10.6. The number of rotatable bonds is 11. The maximum atomic E-state index is 13.3. The van der Waals surface area contributed by atoms with E-state index in [9.17, 15) is 9.59 Å². The summed E-state index contributed by atoms with van der Waals surface area (Å²) in [5.74, 6) is 1.31. The van der Waals surface area contributed by atoms with Crippen LogP contribution in [0, 0.1) is 5.92 Å². The van der Waals surface area contributed by atoms with Crippen LogP contribution in [-0.2, 0) is 0 Å². The van der Waals surface area contributed by atoms with Gasteiger partial charge in [-0.25, -0.2) is 0 Å². The molecule has 8 nitrogen and oxygen atoms in total. The molecule has 2 N–H and O–H groups in total. The van der Waals surface area contributed by atoms with Gasteiger partial charge >= 0.3 is 0 Å². The second-order valence-electron chi connectivity index (χ2n) is 9.24. The van der Waals surface area contributed by atoms with Crippen LogP contribution < -0.4 is 25.0 Å². The molecular formula is C28H40N4O4. The number of amides is 2. The molecule has 2 aromatic rings. The highest BCUT2D eigenvalue weighted by molar-refractivity contribution is 6.06. The molecule has 2 amide bonds. The fraction of sp³-hybridized carbons (Fsp3) is 0.500. The van der Waals surface area contributed by atoms with E-state index < -0.39 is 0 Å². The molecule has 1 fully saturated rings. The highest BCUT2D eigenvalue weighted by Gasteiger charge is 2.22. The smallest absolute Gasteiger partial charge is 0.255 e. The van der Waals surface area contributed by atoms with Crippen molar-refractivity contribution < 1.29 is 19.1 Å². The average molecular weight is 497 g/mol. The van der Waals surface area contributed by atoms with Crippen molar-refractivity contribution >= 4 is 23.2 Å². The van der Waals surface area contributed by atoms with Crippen LogP contribution in [0.25, 0.3) is 0 Å². The third kappa shape index (κ3) is 7.13. The zero-order chi connectivity index (χ0) is 26.1. The minimum atomic E-state index is -0.306. The number of anilines is 2. The maximum absolute atomic E-state index is 13.3. The summed E-state index contributed by atoms with van der Waals surface area (Å²) in [7, 11) is 3.09. The number of likely N-dealkylation sites (N-methyl/N-ethyl adjacent to an activating group) is 1. The first-order valence-corrected chi connectivity index (χ1v) is 12.8. The van der Waals surface area contributed by atoms with E-state index in [-0.39, 0.29) is 11.8 Å². The highest BCUT2D eigenvalue weighted by atomic mass is 16.5. The van der Waals surface area contributed by atoms with Gasteiger partial charge in [0.15, 0.2) is 0 Å². The van der Waals surface area contributed by atoms with Crippen molar-refractivity contribution in [2.24, 2.45) is 5.92 Å². The third-order valence-corrected chi connectivity index (χ3v) is 6.85. The first kappa shape index (κ1) is 27.3. The van der Waals surface area contributed by atoms with Crippen molar-refractivity contribution in [2.75, 3.05) is 63.7 Å². The first-order valence-electron chi connectivity index (χ1n) is 12.8. The van der Waals surface area contributed by atoms with Gasteiger partial charge in [-0.3, -0.25) is 9.59 Å². The summed E-state index contributed by atoms with van der Waals surface area (Å²) >= 11 is 0. The predicted octanol–water partition coefficient (Wildman–Crippen LogP) is 4.26. The summed E-state index contributed by atoms with van der Waals surface area (Å²) in [5, 5.41) is 6.00. The molecule has 1 aliphatic rings. The van der Waals surface area contributed by atoms with Crippen molar-refractivity contribution in [3.05, 3.63) is 47.5 Å². The summed E-state index contributed by atoms with van der Waals surface area (Å²) in [6.45, 7) is 11.6. The van der Waals surface area contributed by atoms with E-state index in [0.717, 1.165) is 51.3 Å². The number of nitrogens with one attached hydrogen (secondary N) is 2. The Balaban J connectivity index is 1.83. The number of benzene rings is 2. The largest absolute Gasteiger partial charge is 0.497 e. The lowest BCUT2D eigenvalue weighted by Crippen LogP contribution is -2.37. The summed E-state index contributed by atoms with van der Waals surface area (Å²) in [6, 6.07) is 10.6. The van der Waals surface area contributed by atoms with Gasteiger partial charge in [0.2, 0.25) is 0 Å². The van der Waals surface area contributed by atoms with E-state index in [0.29, 0.717) is 40.8 Å². The second kappa shape index (κ2) is 13.2. The molecule has 0 aliphatic carbocycles. The van der Waals surface area contributed by atoms with Gasteiger partial charge in [-0.05, 0) is 62.2 Å². The van der Waals surface area contributed by atoms with Gasteiger partial charge in [0, 0.05) is 49.2 Å². The normalized spacial score (nSPS) is 14.0. The number of carbonyl (C=O) groups excluding carboxylic acids is 2. The molecule has 0 spiro atoms. The molecule has 0 unspecified atom stereocenters. The Morgan fingerprint density at radius 3 is 2.19 bits per heavy atom. The Bertz CT molecular complexity index is 1010. The summed E-state index contributed by atoms with van der Waals surface area (Å²) in [5.41, 5.74) is 2.45. The van der Waals surface area contributed by atoms with Crippen LogP contribution >= 0.6 is 0 Å². The van der Waals surface area contributed by atoms with E-state index in [1.165, 1.54) is 0 Å². The lowest BCUT2D eigenvalue weighted by molar-refractivity contribution is 0.0948. The summed E-state index contributed by atoms with van der Waals surface area (Å²) in [6.07, 6.45) is 2.19. The Labute approximate surface area is 214 Å². The van der Waals surface area contributed by atoms with Crippen molar-refractivity contribution in [3.8, 4) is 11.5 Å². The van der Waals surface area contributed by atoms with Gasteiger partial charge in [-0.15, -0.1) is 0 Å². The van der Waals surface area contributed by atoms with Gasteiger partial charge in [0.05, 0.1) is 19.8 Å². The third-order valence-electron chi connectivity index (χ3n) is 6.85. The van der Waals surface area contributed by atoms with Crippen LogP contribution in [0.15, 0.2) is 36.4 Å². The number of nitrogens with zero attached hydrogens (tertiary/aromatic N) is 2. The number of carbonyl (C=O) groups is 2. The van der Waals surface area contributed by atoms with Crippen molar-refractivity contribution in [1.82, 2.24) is 10.2 Å². The maximum Gasteiger partial charge on any atom is 0.255 e. The average Bonchev–Trinajstić information content (AvgIpc) is 2.91. The van der Waals surface area contributed by atoms with Gasteiger partial charge in [0.1, 0.15) is 11.5 Å². The Morgan fingerprint density at radius 2 is 1.61 bits per heavy atom. The lowest BCUT2D eigenvalue weighted by Gasteiger charge is -2.33. The molecule has 1 heterocycles. The number of piperidine rings is 1. The number of ether oxygens (including phenoxy) is 2. The standard InChI is InChI=1S/C28H40N4O4/c1-6-31(7-2)15-12-29-28(34)25-18-22(8-9-26(25)32-13-10-20(3)11-14-32)30-27(33)21-16-23(35-4)19-24(17-21)36-5/h8-9,16-20H,6-7,10-15H2,1-5H3,(H,29,34)(H,30,33). The van der Waals surface area contributed by atoms with Crippen molar-refractivity contribution in [3.63, 3.8) is 0 Å². The van der Waals surface area contributed by atoms with E-state index in [2.05, 4.69) is 41.2 Å². The predicted molar refractivity (Wildman–Crippen MR) is 145 cm³/mol. The van der Waals surface area contributed by atoms with Gasteiger partial charge < -0.3 is 29.9 Å². The second-order valence-corrected chi connectivity index (χ2v) is 9.24. The molecule has 0 atom stereocenters. The number of methoxy groups -OCH3 is 2. The van der Waals surface area contributed by atoms with Gasteiger partial charge in [-0.2, -0.15) is 0 Å². The molecule has 36 heavy (non-hydrogen) atoms. The zero-order valence-corrected chi connectivity index (χ0v) is 22.2. The monoisotopic (exact) mass is 496 g/mol. The van der Waals surface area contributed by atoms with E-state index in [1.54, 1.807) is 38.5 Å². The Kier molecular flexibility index (Phi) is 9.99. The highest BCUT2D eigenvalue weighted by Crippen LogP contribution is 2.29. The Morgan fingerprint density at radius 1 is 0.972 bits per heavy atom. The molecule has 3 rings (SSSR count). The molecule has 0 aromatic heterocycles. The molecule has 0 saturated carbocycles. The molecule has 1 saturated heterocycles. The van der Waals surface area contributed by atoms with Crippen LogP contribution in [0.2, 0.25) is 0 Å². The van der Waals surface area contributed by atoms with E-state index in [1.807, 2.05) is 12.1 Å². The minimum absolute atomic E-state index is 0.130. The molecule has 196 valence electrons. The molecule has 2 aromatic carbocycles. The van der Waals surface area contributed by atoms with Crippen molar-refractivity contribution in [1.29, 1.82) is 0 Å². The minimum Gasteiger partial charge on any atom is -0.497 e. The van der Waals surface area contributed by atoms with Gasteiger partial charge in [0.25, 0.3) is 11.8 Å².